The molecule has 2 fully saturated rings. The van der Waals surface area contributed by atoms with Gasteiger partial charge in [0, 0.05) is 51.5 Å². The minimum Gasteiger partial charge on any atom is -0.383 e. The molecule has 7 nitrogen and oxygen atoms in total. The fourth-order valence-electron chi connectivity index (χ4n) is 2.45. The number of rotatable bonds is 6. The van der Waals surface area contributed by atoms with Gasteiger partial charge >= 0.3 is 0 Å². The lowest BCUT2D eigenvalue weighted by Crippen LogP contribution is -2.54. The van der Waals surface area contributed by atoms with Crippen LogP contribution in [0.3, 0.4) is 0 Å². The van der Waals surface area contributed by atoms with Crippen molar-refractivity contribution < 1.29 is 14.3 Å². The van der Waals surface area contributed by atoms with Crippen molar-refractivity contribution in [2.24, 2.45) is 0 Å². The van der Waals surface area contributed by atoms with Crippen LogP contribution in [0.15, 0.2) is 0 Å². The second kappa shape index (κ2) is 12.2. The molecule has 10 heteroatoms. The zero-order chi connectivity index (χ0) is 15.1. The Kier molecular flexibility index (Phi) is 12.0. The maximum atomic E-state index is 12.2. The molecule has 2 heterocycles. The zero-order valence-electron chi connectivity index (χ0n) is 13.3. The number of hydrogen-bond donors (Lipinski definition) is 2. The first-order valence-corrected chi connectivity index (χ1v) is 8.44. The van der Waals surface area contributed by atoms with Crippen molar-refractivity contribution in [1.82, 2.24) is 20.4 Å². The van der Waals surface area contributed by atoms with Gasteiger partial charge in [0.25, 0.3) is 0 Å². The van der Waals surface area contributed by atoms with Gasteiger partial charge in [-0.2, -0.15) is 0 Å². The molecule has 0 aromatic heterocycles. The number of carbonyl (C=O) groups excluding carboxylic acids is 2. The maximum Gasteiger partial charge on any atom is 0.240 e. The molecule has 0 radical (unpaired) electrons. The summed E-state index contributed by atoms with van der Waals surface area (Å²) in [7, 11) is 1.61. The summed E-state index contributed by atoms with van der Waals surface area (Å²) >= 11 is 1.76. The van der Waals surface area contributed by atoms with Crippen LogP contribution in [0.25, 0.3) is 0 Å². The Labute approximate surface area is 154 Å². The van der Waals surface area contributed by atoms with Gasteiger partial charge in [-0.3, -0.25) is 19.8 Å². The van der Waals surface area contributed by atoms with E-state index in [-0.39, 0.29) is 42.7 Å². The largest absolute Gasteiger partial charge is 0.383 e. The fraction of sp³-hybridized carbons (Fsp3) is 0.846. The van der Waals surface area contributed by atoms with Gasteiger partial charge in [0.2, 0.25) is 11.8 Å². The highest BCUT2D eigenvalue weighted by atomic mass is 35.5. The van der Waals surface area contributed by atoms with Crippen molar-refractivity contribution in [2.75, 3.05) is 64.6 Å². The number of piperazine rings is 1. The van der Waals surface area contributed by atoms with Crippen molar-refractivity contribution in [1.29, 1.82) is 0 Å². The van der Waals surface area contributed by atoms with Crippen LogP contribution in [0.4, 0.5) is 0 Å². The number of methoxy groups -OCH3 is 1. The molecule has 136 valence electrons. The molecule has 0 spiro atoms. The molecule has 2 aliphatic heterocycles. The monoisotopic (exact) mass is 388 g/mol. The van der Waals surface area contributed by atoms with Gasteiger partial charge in [-0.15, -0.1) is 36.6 Å². The van der Waals surface area contributed by atoms with Crippen LogP contribution in [0.1, 0.15) is 0 Å². The second-order valence-electron chi connectivity index (χ2n) is 5.22. The SMILES string of the molecule is COCCNC(=O)CN1CCN(C(=O)C2CSCN2)CC1.Cl.Cl. The number of ether oxygens (including phenoxy) is 1. The summed E-state index contributed by atoms with van der Waals surface area (Å²) < 4.78 is 4.89. The molecule has 2 N–H and O–H groups in total. The van der Waals surface area contributed by atoms with Crippen molar-refractivity contribution in [3.8, 4) is 0 Å². The van der Waals surface area contributed by atoms with Gasteiger partial charge < -0.3 is 15.0 Å². The van der Waals surface area contributed by atoms with Crippen molar-refractivity contribution in [3.05, 3.63) is 0 Å². The van der Waals surface area contributed by atoms with Crippen LogP contribution < -0.4 is 10.6 Å². The van der Waals surface area contributed by atoms with Gasteiger partial charge in [-0.1, -0.05) is 0 Å². The van der Waals surface area contributed by atoms with Gasteiger partial charge in [-0.25, -0.2) is 0 Å². The molecule has 1 atom stereocenters. The Morgan fingerprint density at radius 3 is 2.52 bits per heavy atom. The number of thioether (sulfide) groups is 1. The summed E-state index contributed by atoms with van der Waals surface area (Å²) in [6.07, 6.45) is 0. The molecule has 0 aromatic rings. The molecule has 2 amide bonds. The number of amides is 2. The number of halogens is 2. The molecule has 0 saturated carbocycles. The standard InChI is InChI=1S/C13H24N4O3S.2ClH/c1-20-7-2-14-12(18)8-16-3-5-17(6-4-16)13(19)11-9-21-10-15-11;;/h11,15H,2-10H2,1H3,(H,14,18);2*1H. The molecule has 2 rings (SSSR count). The number of carbonyl (C=O) groups is 2. The predicted molar refractivity (Wildman–Crippen MR) is 96.7 cm³/mol. The van der Waals surface area contributed by atoms with E-state index in [1.54, 1.807) is 18.9 Å². The van der Waals surface area contributed by atoms with Crippen LogP contribution in [-0.2, 0) is 14.3 Å². The topological polar surface area (TPSA) is 73.9 Å². The smallest absolute Gasteiger partial charge is 0.240 e. The van der Waals surface area contributed by atoms with Crippen LogP contribution in [-0.4, -0.2) is 92.3 Å². The first kappa shape index (κ1) is 22.8. The first-order chi connectivity index (χ1) is 10.2. The summed E-state index contributed by atoms with van der Waals surface area (Å²) in [6.45, 7) is 4.37. The molecule has 1 unspecified atom stereocenters. The van der Waals surface area contributed by atoms with E-state index in [1.807, 2.05) is 4.90 Å². The van der Waals surface area contributed by atoms with Gasteiger partial charge in [-0.05, 0) is 0 Å². The molecule has 2 saturated heterocycles. The molecule has 0 aromatic carbocycles. The van der Waals surface area contributed by atoms with E-state index in [9.17, 15) is 9.59 Å². The van der Waals surface area contributed by atoms with Gasteiger partial charge in [0.15, 0.2) is 0 Å². The predicted octanol–water partition coefficient (Wildman–Crippen LogP) is -0.601. The van der Waals surface area contributed by atoms with Crippen LogP contribution >= 0.6 is 36.6 Å². The van der Waals surface area contributed by atoms with E-state index < -0.39 is 0 Å². The normalized spacial score (nSPS) is 21.3. The minimum atomic E-state index is -0.0288. The third-order valence-electron chi connectivity index (χ3n) is 3.69. The van der Waals surface area contributed by atoms with Crippen LogP contribution in [0.5, 0.6) is 0 Å². The lowest BCUT2D eigenvalue weighted by atomic mass is 10.2. The Morgan fingerprint density at radius 1 is 1.26 bits per heavy atom. The zero-order valence-corrected chi connectivity index (χ0v) is 15.7. The van der Waals surface area contributed by atoms with Crippen molar-refractivity contribution in [2.45, 2.75) is 6.04 Å². The van der Waals surface area contributed by atoms with Crippen molar-refractivity contribution >= 4 is 48.4 Å². The second-order valence-corrected chi connectivity index (χ2v) is 6.25. The molecular formula is C13H26Cl2N4O3S. The van der Waals surface area contributed by atoms with Crippen LogP contribution in [0.2, 0.25) is 0 Å². The van der Waals surface area contributed by atoms with E-state index in [0.29, 0.717) is 32.8 Å². The average Bonchev–Trinajstić information content (AvgIpc) is 3.02. The van der Waals surface area contributed by atoms with E-state index >= 15 is 0 Å². The lowest BCUT2D eigenvalue weighted by molar-refractivity contribution is -0.134. The summed E-state index contributed by atoms with van der Waals surface area (Å²) in [5, 5.41) is 6.02. The number of nitrogens with zero attached hydrogens (tertiary/aromatic N) is 2. The Morgan fingerprint density at radius 2 is 1.96 bits per heavy atom. The molecular weight excluding hydrogens is 363 g/mol. The molecule has 0 bridgehead atoms. The highest BCUT2D eigenvalue weighted by molar-refractivity contribution is 7.99. The van der Waals surface area contributed by atoms with Crippen molar-refractivity contribution in [3.63, 3.8) is 0 Å². The minimum absolute atomic E-state index is 0. The third kappa shape index (κ3) is 7.45. The van der Waals surface area contributed by atoms with Gasteiger partial charge in [0.05, 0.1) is 19.2 Å². The highest BCUT2D eigenvalue weighted by Crippen LogP contribution is 2.13. The molecule has 2 aliphatic rings. The average molecular weight is 389 g/mol. The number of hydrogen-bond acceptors (Lipinski definition) is 6. The Hall–Kier alpha value is -0.250. The Bertz CT molecular complexity index is 365. The molecule has 23 heavy (non-hydrogen) atoms. The lowest BCUT2D eigenvalue weighted by Gasteiger charge is -2.35. The van der Waals surface area contributed by atoms with E-state index in [1.165, 1.54) is 0 Å². The summed E-state index contributed by atoms with van der Waals surface area (Å²) in [5.74, 6) is 1.93. The summed E-state index contributed by atoms with van der Waals surface area (Å²) in [5.41, 5.74) is 0. The highest BCUT2D eigenvalue weighted by Gasteiger charge is 2.29. The molecule has 0 aliphatic carbocycles. The fourth-order valence-corrected chi connectivity index (χ4v) is 3.39. The van der Waals surface area contributed by atoms with E-state index in [2.05, 4.69) is 15.5 Å². The first-order valence-electron chi connectivity index (χ1n) is 7.28. The summed E-state index contributed by atoms with van der Waals surface area (Å²) in [4.78, 5) is 27.9. The Balaban J connectivity index is 0.00000242. The van der Waals surface area contributed by atoms with Gasteiger partial charge in [0.1, 0.15) is 0 Å². The third-order valence-corrected chi connectivity index (χ3v) is 4.63. The quantitative estimate of drug-likeness (QED) is 0.591. The maximum absolute atomic E-state index is 12.2. The van der Waals surface area contributed by atoms with Crippen LogP contribution in [0, 0.1) is 0 Å². The summed E-state index contributed by atoms with van der Waals surface area (Å²) in [6, 6.07) is -0.0288. The van der Waals surface area contributed by atoms with E-state index in [4.69, 9.17) is 4.74 Å². The van der Waals surface area contributed by atoms with E-state index in [0.717, 1.165) is 24.7 Å². The number of nitrogens with one attached hydrogen (secondary N) is 2.